The van der Waals surface area contributed by atoms with Gasteiger partial charge in [-0.05, 0) is 30.6 Å². The number of hydrogen-bond donors (Lipinski definition) is 3. The molecule has 0 aliphatic heterocycles. The van der Waals surface area contributed by atoms with E-state index in [0.717, 1.165) is 19.3 Å². The summed E-state index contributed by atoms with van der Waals surface area (Å²) < 4.78 is 0. The maximum absolute atomic E-state index is 11.6. The van der Waals surface area contributed by atoms with Gasteiger partial charge < -0.3 is 15.7 Å². The minimum Gasteiger partial charge on any atom is -0.481 e. The molecule has 104 valence electrons. The summed E-state index contributed by atoms with van der Waals surface area (Å²) in [6.07, 6.45) is 3.16. The number of carboxylic acid groups (broad SMARTS) is 1. The molecule has 0 saturated heterocycles. The molecule has 5 nitrogen and oxygen atoms in total. The van der Waals surface area contributed by atoms with Crippen molar-refractivity contribution in [3.8, 4) is 0 Å². The van der Waals surface area contributed by atoms with Crippen molar-refractivity contribution in [2.45, 2.75) is 52.5 Å². The fourth-order valence-electron chi connectivity index (χ4n) is 2.66. The minimum absolute atomic E-state index is 0.0410. The molecule has 2 amide bonds. The molecular weight excluding hydrogens is 232 g/mol. The van der Waals surface area contributed by atoms with Crippen LogP contribution in [0.1, 0.15) is 46.5 Å². The van der Waals surface area contributed by atoms with Crippen molar-refractivity contribution in [2.75, 3.05) is 6.54 Å². The summed E-state index contributed by atoms with van der Waals surface area (Å²) in [6, 6.07) is -0.0596. The zero-order valence-corrected chi connectivity index (χ0v) is 11.5. The monoisotopic (exact) mass is 256 g/mol. The molecule has 1 rings (SSSR count). The van der Waals surface area contributed by atoms with Gasteiger partial charge in [-0.25, -0.2) is 4.79 Å². The van der Waals surface area contributed by atoms with Crippen LogP contribution in [0.15, 0.2) is 0 Å². The van der Waals surface area contributed by atoms with E-state index in [1.165, 1.54) is 0 Å². The Bertz CT molecular complexity index is 315. The standard InChI is InChI=1S/C13H24N2O3/c1-9-8-13(2,3)6-4-10(9)15-12(18)14-7-5-11(16)17/h9-10H,4-8H2,1-3H3,(H,16,17)(H2,14,15,18). The van der Waals surface area contributed by atoms with E-state index in [1.807, 2.05) is 0 Å². The predicted octanol–water partition coefficient (Wildman–Crippen LogP) is 1.98. The third-order valence-electron chi connectivity index (χ3n) is 3.63. The van der Waals surface area contributed by atoms with Crippen molar-refractivity contribution in [1.29, 1.82) is 0 Å². The van der Waals surface area contributed by atoms with E-state index in [-0.39, 0.29) is 25.0 Å². The Kier molecular flexibility index (Phi) is 4.99. The Hall–Kier alpha value is -1.26. The molecule has 0 bridgehead atoms. The van der Waals surface area contributed by atoms with Crippen LogP contribution in [0.25, 0.3) is 0 Å². The van der Waals surface area contributed by atoms with Crippen LogP contribution >= 0.6 is 0 Å². The maximum Gasteiger partial charge on any atom is 0.315 e. The highest BCUT2D eigenvalue weighted by atomic mass is 16.4. The van der Waals surface area contributed by atoms with Crippen LogP contribution in [0.2, 0.25) is 0 Å². The normalized spacial score (nSPS) is 26.4. The number of nitrogens with one attached hydrogen (secondary N) is 2. The number of amides is 2. The maximum atomic E-state index is 11.6. The Labute approximate surface area is 108 Å². The molecule has 0 spiro atoms. The van der Waals surface area contributed by atoms with Gasteiger partial charge in [0.2, 0.25) is 0 Å². The highest BCUT2D eigenvalue weighted by Crippen LogP contribution is 2.38. The lowest BCUT2D eigenvalue weighted by Crippen LogP contribution is -2.48. The number of carboxylic acids is 1. The third-order valence-corrected chi connectivity index (χ3v) is 3.63. The molecule has 18 heavy (non-hydrogen) atoms. The molecule has 0 heterocycles. The summed E-state index contributed by atoms with van der Waals surface area (Å²) >= 11 is 0. The fraction of sp³-hybridized carbons (Fsp3) is 0.846. The Balaban J connectivity index is 2.30. The van der Waals surface area contributed by atoms with Crippen molar-refractivity contribution in [1.82, 2.24) is 10.6 Å². The summed E-state index contributed by atoms with van der Waals surface area (Å²) in [5.41, 5.74) is 0.359. The van der Waals surface area contributed by atoms with Crippen LogP contribution in [0.5, 0.6) is 0 Å². The molecule has 0 aromatic rings. The van der Waals surface area contributed by atoms with Crippen molar-refractivity contribution < 1.29 is 14.7 Å². The quantitative estimate of drug-likeness (QED) is 0.719. The average molecular weight is 256 g/mol. The summed E-state index contributed by atoms with van der Waals surface area (Å²) in [4.78, 5) is 21.9. The summed E-state index contributed by atoms with van der Waals surface area (Å²) in [5, 5.41) is 14.0. The lowest BCUT2D eigenvalue weighted by molar-refractivity contribution is -0.136. The molecule has 0 radical (unpaired) electrons. The SMILES string of the molecule is CC1CC(C)(C)CCC1NC(=O)NCCC(=O)O. The van der Waals surface area contributed by atoms with Crippen molar-refractivity contribution in [3.05, 3.63) is 0 Å². The van der Waals surface area contributed by atoms with Gasteiger partial charge in [-0.2, -0.15) is 0 Å². The molecule has 1 aliphatic rings. The zero-order chi connectivity index (χ0) is 13.8. The van der Waals surface area contributed by atoms with Gasteiger partial charge in [0.15, 0.2) is 0 Å². The van der Waals surface area contributed by atoms with Crippen LogP contribution < -0.4 is 10.6 Å². The van der Waals surface area contributed by atoms with Gasteiger partial charge in [0.1, 0.15) is 0 Å². The number of aliphatic carboxylic acids is 1. The highest BCUT2D eigenvalue weighted by molar-refractivity contribution is 5.75. The largest absolute Gasteiger partial charge is 0.481 e. The van der Waals surface area contributed by atoms with E-state index in [0.29, 0.717) is 11.3 Å². The molecule has 2 unspecified atom stereocenters. The molecule has 2 atom stereocenters. The van der Waals surface area contributed by atoms with E-state index in [2.05, 4.69) is 31.4 Å². The van der Waals surface area contributed by atoms with E-state index < -0.39 is 5.97 Å². The van der Waals surface area contributed by atoms with Gasteiger partial charge in [0.05, 0.1) is 6.42 Å². The zero-order valence-electron chi connectivity index (χ0n) is 11.5. The minimum atomic E-state index is -0.900. The van der Waals surface area contributed by atoms with Gasteiger partial charge in [0, 0.05) is 12.6 Å². The van der Waals surface area contributed by atoms with Gasteiger partial charge >= 0.3 is 12.0 Å². The molecule has 0 aromatic heterocycles. The molecular formula is C13H24N2O3. The first-order valence-corrected chi connectivity index (χ1v) is 6.56. The number of urea groups is 1. The predicted molar refractivity (Wildman–Crippen MR) is 69.4 cm³/mol. The van der Waals surface area contributed by atoms with Crippen LogP contribution in [0, 0.1) is 11.3 Å². The average Bonchev–Trinajstić information content (AvgIpc) is 2.21. The molecule has 3 N–H and O–H groups in total. The van der Waals surface area contributed by atoms with E-state index in [4.69, 9.17) is 5.11 Å². The second-order valence-electron chi connectivity index (χ2n) is 6.03. The van der Waals surface area contributed by atoms with E-state index in [9.17, 15) is 9.59 Å². The summed E-state index contributed by atoms with van der Waals surface area (Å²) in [7, 11) is 0. The van der Waals surface area contributed by atoms with Crippen molar-refractivity contribution >= 4 is 12.0 Å². The lowest BCUT2D eigenvalue weighted by atomic mass is 9.70. The molecule has 5 heteroatoms. The van der Waals surface area contributed by atoms with Gasteiger partial charge in [-0.3, -0.25) is 4.79 Å². The topological polar surface area (TPSA) is 78.4 Å². The third kappa shape index (κ3) is 4.94. The first kappa shape index (κ1) is 14.8. The van der Waals surface area contributed by atoms with E-state index >= 15 is 0 Å². The van der Waals surface area contributed by atoms with Crippen molar-refractivity contribution in [3.63, 3.8) is 0 Å². The second kappa shape index (κ2) is 6.07. The smallest absolute Gasteiger partial charge is 0.315 e. The van der Waals surface area contributed by atoms with Crippen LogP contribution in [0.3, 0.4) is 0 Å². The van der Waals surface area contributed by atoms with Crippen LogP contribution in [0.4, 0.5) is 4.79 Å². The Morgan fingerprint density at radius 3 is 2.61 bits per heavy atom. The first-order chi connectivity index (χ1) is 8.30. The number of rotatable bonds is 4. The molecule has 1 saturated carbocycles. The summed E-state index contributed by atoms with van der Waals surface area (Å²) in [6.45, 7) is 6.84. The lowest BCUT2D eigenvalue weighted by Gasteiger charge is -2.39. The Morgan fingerprint density at radius 1 is 1.39 bits per heavy atom. The number of carbonyl (C=O) groups is 2. The summed E-state index contributed by atoms with van der Waals surface area (Å²) in [5.74, 6) is -0.443. The van der Waals surface area contributed by atoms with Gasteiger partial charge in [-0.1, -0.05) is 20.8 Å². The van der Waals surface area contributed by atoms with Crippen molar-refractivity contribution in [2.24, 2.45) is 11.3 Å². The molecule has 0 aromatic carbocycles. The van der Waals surface area contributed by atoms with Gasteiger partial charge in [0.25, 0.3) is 0 Å². The number of carbonyl (C=O) groups excluding carboxylic acids is 1. The van der Waals surface area contributed by atoms with Gasteiger partial charge in [-0.15, -0.1) is 0 Å². The first-order valence-electron chi connectivity index (χ1n) is 6.56. The highest BCUT2D eigenvalue weighted by Gasteiger charge is 2.32. The Morgan fingerprint density at radius 2 is 2.06 bits per heavy atom. The number of hydrogen-bond acceptors (Lipinski definition) is 2. The fourth-order valence-corrected chi connectivity index (χ4v) is 2.66. The van der Waals surface area contributed by atoms with E-state index in [1.54, 1.807) is 0 Å². The van der Waals surface area contributed by atoms with Crippen LogP contribution in [-0.2, 0) is 4.79 Å². The molecule has 1 aliphatic carbocycles. The second-order valence-corrected chi connectivity index (χ2v) is 6.03. The molecule has 1 fully saturated rings. The van der Waals surface area contributed by atoms with Crippen LogP contribution in [-0.4, -0.2) is 29.7 Å².